The maximum Gasteiger partial charge on any atom is 0.290 e. The van der Waals surface area contributed by atoms with Crippen LogP contribution in [-0.4, -0.2) is 29.1 Å². The molecule has 0 spiro atoms. The quantitative estimate of drug-likeness (QED) is 0.558. The van der Waals surface area contributed by atoms with Gasteiger partial charge in [-0.05, 0) is 47.9 Å². The lowest BCUT2D eigenvalue weighted by Gasteiger charge is -2.35. The van der Waals surface area contributed by atoms with Crippen molar-refractivity contribution in [1.29, 1.82) is 0 Å². The standard InChI is InChI=1S/C23H18N2O4/c26-23(19-6-3-11-27-19)25-10-9-16-15-4-1-2-5-17(15)24-21(16)22(25)14-7-8-18-20(12-14)29-13-28-18/h1-8,11-12,22,24H,9-10,13H2/t22-/m1/s1. The number of fused-ring (bicyclic) bond motifs is 4. The van der Waals surface area contributed by atoms with E-state index < -0.39 is 0 Å². The summed E-state index contributed by atoms with van der Waals surface area (Å²) < 4.78 is 16.5. The van der Waals surface area contributed by atoms with Crippen molar-refractivity contribution in [2.75, 3.05) is 13.3 Å². The zero-order chi connectivity index (χ0) is 19.4. The van der Waals surface area contributed by atoms with Gasteiger partial charge in [0.1, 0.15) is 0 Å². The van der Waals surface area contributed by atoms with Crippen molar-refractivity contribution < 1.29 is 18.7 Å². The number of carbonyl (C=O) groups excluding carboxylic acids is 1. The van der Waals surface area contributed by atoms with Crippen LogP contribution in [0.25, 0.3) is 10.9 Å². The Bertz CT molecular complexity index is 1230. The number of aromatic nitrogens is 1. The number of para-hydroxylation sites is 1. The second-order valence-electron chi connectivity index (χ2n) is 7.30. The third kappa shape index (κ3) is 2.45. The van der Waals surface area contributed by atoms with Crippen LogP contribution in [0.3, 0.4) is 0 Å². The maximum atomic E-state index is 13.3. The highest BCUT2D eigenvalue weighted by Gasteiger charge is 2.36. The fraction of sp³-hybridized carbons (Fsp3) is 0.174. The normalized spacial score (nSPS) is 17.5. The Labute approximate surface area is 166 Å². The number of hydrogen-bond acceptors (Lipinski definition) is 4. The molecular formula is C23H18N2O4. The predicted molar refractivity (Wildman–Crippen MR) is 106 cm³/mol. The van der Waals surface area contributed by atoms with E-state index in [1.54, 1.807) is 12.1 Å². The molecule has 6 heteroatoms. The van der Waals surface area contributed by atoms with Crippen molar-refractivity contribution in [3.8, 4) is 11.5 Å². The minimum absolute atomic E-state index is 0.123. The summed E-state index contributed by atoms with van der Waals surface area (Å²) in [4.78, 5) is 18.7. The third-order valence-corrected chi connectivity index (χ3v) is 5.74. The molecule has 0 bridgehead atoms. The Morgan fingerprint density at radius 2 is 1.93 bits per heavy atom. The zero-order valence-corrected chi connectivity index (χ0v) is 15.6. The number of rotatable bonds is 2. The highest BCUT2D eigenvalue weighted by atomic mass is 16.7. The van der Waals surface area contributed by atoms with E-state index in [-0.39, 0.29) is 18.7 Å². The van der Waals surface area contributed by atoms with Gasteiger partial charge >= 0.3 is 0 Å². The highest BCUT2D eigenvalue weighted by Crippen LogP contribution is 2.42. The number of amides is 1. The molecule has 0 fully saturated rings. The average Bonchev–Trinajstić information content (AvgIpc) is 3.51. The molecule has 1 N–H and O–H groups in total. The molecule has 0 radical (unpaired) electrons. The summed E-state index contributed by atoms with van der Waals surface area (Å²) in [5.41, 5.74) is 4.35. The molecular weight excluding hydrogens is 368 g/mol. The van der Waals surface area contributed by atoms with Crippen LogP contribution in [0.5, 0.6) is 11.5 Å². The van der Waals surface area contributed by atoms with Crippen LogP contribution in [0.1, 0.15) is 33.4 Å². The number of furan rings is 1. The summed E-state index contributed by atoms with van der Waals surface area (Å²) in [5.74, 6) is 1.65. The number of nitrogens with zero attached hydrogens (tertiary/aromatic N) is 1. The smallest absolute Gasteiger partial charge is 0.290 e. The van der Waals surface area contributed by atoms with Gasteiger partial charge in [-0.3, -0.25) is 4.79 Å². The molecule has 0 saturated heterocycles. The Kier molecular flexibility index (Phi) is 3.47. The summed E-state index contributed by atoms with van der Waals surface area (Å²) in [6.07, 6.45) is 2.31. The third-order valence-electron chi connectivity index (χ3n) is 5.74. The fourth-order valence-electron chi connectivity index (χ4n) is 4.43. The van der Waals surface area contributed by atoms with Gasteiger partial charge in [0.05, 0.1) is 12.3 Å². The molecule has 29 heavy (non-hydrogen) atoms. The topological polar surface area (TPSA) is 67.7 Å². The van der Waals surface area contributed by atoms with Gasteiger partial charge in [-0.15, -0.1) is 0 Å². The molecule has 4 aromatic rings. The van der Waals surface area contributed by atoms with E-state index in [0.717, 1.165) is 28.9 Å². The van der Waals surface area contributed by atoms with E-state index >= 15 is 0 Å². The lowest BCUT2D eigenvalue weighted by molar-refractivity contribution is 0.0659. The van der Waals surface area contributed by atoms with Crippen molar-refractivity contribution in [3.63, 3.8) is 0 Å². The minimum atomic E-state index is -0.266. The highest BCUT2D eigenvalue weighted by molar-refractivity contribution is 5.93. The molecule has 1 atom stereocenters. The SMILES string of the molecule is O=C(c1ccco1)N1CCc2c([nH]c3ccccc23)[C@H]1c1ccc2c(c1)OCO2. The fourth-order valence-corrected chi connectivity index (χ4v) is 4.43. The molecule has 144 valence electrons. The van der Waals surface area contributed by atoms with Gasteiger partial charge in [-0.2, -0.15) is 0 Å². The summed E-state index contributed by atoms with van der Waals surface area (Å²) >= 11 is 0. The number of aromatic amines is 1. The first-order chi connectivity index (χ1) is 14.3. The number of hydrogen-bond donors (Lipinski definition) is 1. The molecule has 1 amide bonds. The molecule has 2 aromatic heterocycles. The van der Waals surface area contributed by atoms with Gasteiger partial charge in [-0.1, -0.05) is 24.3 Å². The Balaban J connectivity index is 1.53. The lowest BCUT2D eigenvalue weighted by Crippen LogP contribution is -2.40. The van der Waals surface area contributed by atoms with E-state index in [1.807, 2.05) is 35.2 Å². The summed E-state index contributed by atoms with van der Waals surface area (Å²) in [5, 5.41) is 1.21. The first-order valence-corrected chi connectivity index (χ1v) is 9.63. The summed E-state index contributed by atoms with van der Waals surface area (Å²) in [6.45, 7) is 0.823. The Hall–Kier alpha value is -3.67. The largest absolute Gasteiger partial charge is 0.459 e. The molecule has 0 aliphatic carbocycles. The molecule has 2 aromatic carbocycles. The monoisotopic (exact) mass is 386 g/mol. The van der Waals surface area contributed by atoms with Crippen LogP contribution >= 0.6 is 0 Å². The number of carbonyl (C=O) groups is 1. The van der Waals surface area contributed by atoms with Gasteiger partial charge in [-0.25, -0.2) is 0 Å². The molecule has 2 aliphatic rings. The number of nitrogens with one attached hydrogen (secondary N) is 1. The van der Waals surface area contributed by atoms with Crippen LogP contribution in [0, 0.1) is 0 Å². The van der Waals surface area contributed by atoms with Crippen molar-refractivity contribution in [3.05, 3.63) is 83.4 Å². The Morgan fingerprint density at radius 1 is 1.03 bits per heavy atom. The Morgan fingerprint density at radius 3 is 2.83 bits per heavy atom. The average molecular weight is 386 g/mol. The van der Waals surface area contributed by atoms with E-state index in [4.69, 9.17) is 13.9 Å². The molecule has 0 unspecified atom stereocenters. The zero-order valence-electron chi connectivity index (χ0n) is 15.6. The first kappa shape index (κ1) is 16.3. The van der Waals surface area contributed by atoms with Crippen LogP contribution in [0.2, 0.25) is 0 Å². The van der Waals surface area contributed by atoms with Crippen LogP contribution in [-0.2, 0) is 6.42 Å². The molecule has 0 saturated carbocycles. The molecule has 6 nitrogen and oxygen atoms in total. The van der Waals surface area contributed by atoms with Crippen LogP contribution in [0.15, 0.2) is 65.3 Å². The number of H-pyrrole nitrogens is 1. The second kappa shape index (κ2) is 6.17. The van der Waals surface area contributed by atoms with Crippen molar-refractivity contribution in [2.24, 2.45) is 0 Å². The van der Waals surface area contributed by atoms with E-state index in [2.05, 4.69) is 17.1 Å². The van der Waals surface area contributed by atoms with Crippen molar-refractivity contribution >= 4 is 16.8 Å². The van der Waals surface area contributed by atoms with Crippen LogP contribution < -0.4 is 9.47 Å². The van der Waals surface area contributed by atoms with Gasteiger partial charge in [0.25, 0.3) is 5.91 Å². The predicted octanol–water partition coefficient (Wildman–Crippen LogP) is 4.28. The van der Waals surface area contributed by atoms with Gasteiger partial charge in [0.15, 0.2) is 17.3 Å². The second-order valence-corrected chi connectivity index (χ2v) is 7.30. The van der Waals surface area contributed by atoms with Gasteiger partial charge in [0, 0.05) is 23.1 Å². The lowest BCUT2D eigenvalue weighted by atomic mass is 9.92. The summed E-state index contributed by atoms with van der Waals surface area (Å²) in [6, 6.07) is 17.3. The minimum Gasteiger partial charge on any atom is -0.459 e. The van der Waals surface area contributed by atoms with Crippen molar-refractivity contribution in [1.82, 2.24) is 9.88 Å². The molecule has 4 heterocycles. The van der Waals surface area contributed by atoms with Crippen molar-refractivity contribution in [2.45, 2.75) is 12.5 Å². The van der Waals surface area contributed by atoms with Crippen LogP contribution in [0.4, 0.5) is 0 Å². The first-order valence-electron chi connectivity index (χ1n) is 9.63. The van der Waals surface area contributed by atoms with E-state index in [0.29, 0.717) is 18.1 Å². The maximum absolute atomic E-state index is 13.3. The van der Waals surface area contributed by atoms with E-state index in [9.17, 15) is 4.79 Å². The summed E-state index contributed by atoms with van der Waals surface area (Å²) in [7, 11) is 0. The number of benzene rings is 2. The van der Waals surface area contributed by atoms with Gasteiger partial charge in [0.2, 0.25) is 6.79 Å². The van der Waals surface area contributed by atoms with Gasteiger partial charge < -0.3 is 23.8 Å². The molecule has 2 aliphatic heterocycles. The molecule has 6 rings (SSSR count). The van der Waals surface area contributed by atoms with E-state index in [1.165, 1.54) is 17.2 Å². The number of ether oxygens (including phenoxy) is 2.